The number of nitrogens with zero attached hydrogens (tertiary/aromatic N) is 2. The predicted molar refractivity (Wildman–Crippen MR) is 69.6 cm³/mol. The second-order valence-corrected chi connectivity index (χ2v) is 4.75. The van der Waals surface area contributed by atoms with Gasteiger partial charge in [-0.25, -0.2) is 0 Å². The van der Waals surface area contributed by atoms with E-state index in [0.29, 0.717) is 36.8 Å². The van der Waals surface area contributed by atoms with Crippen molar-refractivity contribution in [3.05, 3.63) is 34.9 Å². The number of hydrogen-bond acceptors (Lipinski definition) is 2. The first-order valence-corrected chi connectivity index (χ1v) is 6.26. The van der Waals surface area contributed by atoms with Gasteiger partial charge in [-0.05, 0) is 18.2 Å². The molecule has 5 heteroatoms. The Morgan fingerprint density at radius 3 is 2.28 bits per heavy atom. The van der Waals surface area contributed by atoms with Crippen LogP contribution < -0.4 is 0 Å². The fraction of sp³-hybridized carbons (Fsp3) is 0.385. The molecular weight excluding hydrogens is 252 g/mol. The van der Waals surface area contributed by atoms with Crippen molar-refractivity contribution in [2.24, 2.45) is 0 Å². The Bertz CT molecular complexity index is 468. The van der Waals surface area contributed by atoms with E-state index in [1.165, 1.54) is 0 Å². The lowest BCUT2D eigenvalue weighted by Crippen LogP contribution is -2.50. The summed E-state index contributed by atoms with van der Waals surface area (Å²) in [7, 11) is 0. The third-order valence-corrected chi connectivity index (χ3v) is 3.32. The maximum Gasteiger partial charge on any atom is 0.254 e. The summed E-state index contributed by atoms with van der Waals surface area (Å²) < 4.78 is 0. The lowest BCUT2D eigenvalue weighted by Gasteiger charge is -2.34. The maximum atomic E-state index is 12.2. The number of amides is 2. The van der Waals surface area contributed by atoms with Crippen molar-refractivity contribution in [2.45, 2.75) is 6.92 Å². The van der Waals surface area contributed by atoms with Gasteiger partial charge in [0.15, 0.2) is 0 Å². The molecule has 1 aliphatic rings. The lowest BCUT2D eigenvalue weighted by atomic mass is 10.2. The number of carbonyl (C=O) groups excluding carboxylic acids is 2. The Morgan fingerprint density at radius 2 is 1.72 bits per heavy atom. The molecule has 0 saturated carbocycles. The van der Waals surface area contributed by atoms with Crippen LogP contribution in [-0.4, -0.2) is 47.8 Å². The van der Waals surface area contributed by atoms with Crippen molar-refractivity contribution in [3.63, 3.8) is 0 Å². The quantitative estimate of drug-likeness (QED) is 0.775. The van der Waals surface area contributed by atoms with Crippen LogP contribution in [0.2, 0.25) is 5.02 Å². The smallest absolute Gasteiger partial charge is 0.254 e. The van der Waals surface area contributed by atoms with Crippen molar-refractivity contribution >= 4 is 23.4 Å². The third-order valence-electron chi connectivity index (χ3n) is 3.08. The number of rotatable bonds is 1. The van der Waals surface area contributed by atoms with Crippen LogP contribution in [-0.2, 0) is 4.79 Å². The zero-order valence-electron chi connectivity index (χ0n) is 10.2. The monoisotopic (exact) mass is 266 g/mol. The van der Waals surface area contributed by atoms with E-state index < -0.39 is 0 Å². The fourth-order valence-corrected chi connectivity index (χ4v) is 2.22. The molecule has 0 bridgehead atoms. The van der Waals surface area contributed by atoms with Gasteiger partial charge in [0, 0.05) is 43.7 Å². The topological polar surface area (TPSA) is 40.6 Å². The zero-order valence-corrected chi connectivity index (χ0v) is 11.0. The predicted octanol–water partition coefficient (Wildman–Crippen LogP) is 1.64. The highest BCUT2D eigenvalue weighted by Crippen LogP contribution is 2.14. The van der Waals surface area contributed by atoms with Crippen LogP contribution in [0.5, 0.6) is 0 Å². The van der Waals surface area contributed by atoms with Crippen LogP contribution in [0.15, 0.2) is 24.3 Å². The number of halogens is 1. The molecule has 1 saturated heterocycles. The Hall–Kier alpha value is -1.55. The van der Waals surface area contributed by atoms with Crippen LogP contribution in [0.1, 0.15) is 17.3 Å². The van der Waals surface area contributed by atoms with Crippen LogP contribution in [0.25, 0.3) is 0 Å². The minimum Gasteiger partial charge on any atom is -0.339 e. The normalized spacial score (nSPS) is 15.7. The molecule has 0 unspecified atom stereocenters. The molecule has 0 aliphatic carbocycles. The third kappa shape index (κ3) is 2.82. The van der Waals surface area contributed by atoms with E-state index in [4.69, 9.17) is 11.6 Å². The standard InChI is InChI=1S/C13H15ClN2O2/c1-10(17)15-5-7-16(8-6-15)13(18)11-3-2-4-12(14)9-11/h2-4,9H,5-8H2,1H3. The van der Waals surface area contributed by atoms with E-state index in [-0.39, 0.29) is 11.8 Å². The van der Waals surface area contributed by atoms with Gasteiger partial charge < -0.3 is 9.80 Å². The Morgan fingerprint density at radius 1 is 1.11 bits per heavy atom. The maximum absolute atomic E-state index is 12.2. The molecule has 18 heavy (non-hydrogen) atoms. The molecule has 1 fully saturated rings. The van der Waals surface area contributed by atoms with Gasteiger partial charge in [-0.2, -0.15) is 0 Å². The summed E-state index contributed by atoms with van der Waals surface area (Å²) in [6, 6.07) is 6.93. The minimum absolute atomic E-state index is 0.0271. The first-order chi connectivity index (χ1) is 8.58. The summed E-state index contributed by atoms with van der Waals surface area (Å²) in [5.41, 5.74) is 0.596. The number of benzene rings is 1. The van der Waals surface area contributed by atoms with E-state index in [0.717, 1.165) is 0 Å². The summed E-state index contributed by atoms with van der Waals surface area (Å²) in [5, 5.41) is 0.559. The molecule has 0 aromatic heterocycles. The van der Waals surface area contributed by atoms with E-state index in [1.54, 1.807) is 41.0 Å². The summed E-state index contributed by atoms with van der Waals surface area (Å²) in [6.45, 7) is 3.90. The van der Waals surface area contributed by atoms with E-state index in [1.807, 2.05) is 0 Å². The van der Waals surface area contributed by atoms with Crippen LogP contribution in [0, 0.1) is 0 Å². The highest BCUT2D eigenvalue weighted by Gasteiger charge is 2.23. The molecule has 1 heterocycles. The van der Waals surface area contributed by atoms with Crippen LogP contribution in [0.4, 0.5) is 0 Å². The molecule has 2 amide bonds. The van der Waals surface area contributed by atoms with Crippen molar-refractivity contribution in [1.29, 1.82) is 0 Å². The summed E-state index contributed by atoms with van der Waals surface area (Å²) in [6.07, 6.45) is 0. The largest absolute Gasteiger partial charge is 0.339 e. The average Bonchev–Trinajstić information content (AvgIpc) is 2.38. The molecule has 1 aromatic rings. The zero-order chi connectivity index (χ0) is 13.1. The SMILES string of the molecule is CC(=O)N1CCN(C(=O)c2cccc(Cl)c2)CC1. The molecule has 0 atom stereocenters. The molecule has 0 N–H and O–H groups in total. The van der Waals surface area contributed by atoms with Gasteiger partial charge in [-0.15, -0.1) is 0 Å². The fourth-order valence-electron chi connectivity index (χ4n) is 2.03. The summed E-state index contributed by atoms with van der Waals surface area (Å²) in [5.74, 6) is 0.0329. The van der Waals surface area contributed by atoms with Gasteiger partial charge in [0.1, 0.15) is 0 Å². The highest BCUT2D eigenvalue weighted by atomic mass is 35.5. The Kier molecular flexibility index (Phi) is 3.87. The molecule has 1 aromatic carbocycles. The van der Waals surface area contributed by atoms with E-state index in [2.05, 4.69) is 0 Å². The van der Waals surface area contributed by atoms with Crippen molar-refractivity contribution < 1.29 is 9.59 Å². The van der Waals surface area contributed by atoms with Gasteiger partial charge in [0.05, 0.1) is 0 Å². The van der Waals surface area contributed by atoms with Gasteiger partial charge in [-0.3, -0.25) is 9.59 Å². The lowest BCUT2D eigenvalue weighted by molar-refractivity contribution is -0.130. The number of hydrogen-bond donors (Lipinski definition) is 0. The summed E-state index contributed by atoms with van der Waals surface area (Å²) >= 11 is 5.87. The number of piperazine rings is 1. The molecule has 0 spiro atoms. The van der Waals surface area contributed by atoms with E-state index >= 15 is 0 Å². The van der Waals surface area contributed by atoms with Crippen molar-refractivity contribution in [1.82, 2.24) is 9.80 Å². The molecular formula is C13H15ClN2O2. The first-order valence-electron chi connectivity index (χ1n) is 5.88. The molecule has 4 nitrogen and oxygen atoms in total. The highest BCUT2D eigenvalue weighted by molar-refractivity contribution is 6.30. The van der Waals surface area contributed by atoms with Crippen LogP contribution in [0.3, 0.4) is 0 Å². The van der Waals surface area contributed by atoms with Gasteiger partial charge in [0.2, 0.25) is 5.91 Å². The Balaban J connectivity index is 2.02. The second-order valence-electron chi connectivity index (χ2n) is 4.31. The van der Waals surface area contributed by atoms with Crippen molar-refractivity contribution in [2.75, 3.05) is 26.2 Å². The van der Waals surface area contributed by atoms with Gasteiger partial charge >= 0.3 is 0 Å². The Labute approximate surface area is 111 Å². The second kappa shape index (κ2) is 5.40. The molecule has 2 rings (SSSR count). The molecule has 96 valence electrons. The average molecular weight is 267 g/mol. The molecule has 1 aliphatic heterocycles. The number of carbonyl (C=O) groups is 2. The first kappa shape index (κ1) is 12.9. The minimum atomic E-state index is -0.0271. The summed E-state index contributed by atoms with van der Waals surface area (Å²) in [4.78, 5) is 26.9. The van der Waals surface area contributed by atoms with Crippen LogP contribution >= 0.6 is 11.6 Å². The van der Waals surface area contributed by atoms with Gasteiger partial charge in [-0.1, -0.05) is 17.7 Å². The van der Waals surface area contributed by atoms with Crippen molar-refractivity contribution in [3.8, 4) is 0 Å². The van der Waals surface area contributed by atoms with E-state index in [9.17, 15) is 9.59 Å². The van der Waals surface area contributed by atoms with Gasteiger partial charge in [0.25, 0.3) is 5.91 Å². The molecule has 0 radical (unpaired) electrons.